The number of alkyl halides is 3. The Bertz CT molecular complexity index is 1220. The van der Waals surface area contributed by atoms with E-state index in [0.29, 0.717) is 50.5 Å². The first-order valence-electron chi connectivity index (χ1n) is 11.6. The van der Waals surface area contributed by atoms with Gasteiger partial charge in [-0.1, -0.05) is 0 Å². The third-order valence-electron chi connectivity index (χ3n) is 6.54. The van der Waals surface area contributed by atoms with Gasteiger partial charge in [0.25, 0.3) is 0 Å². The second kappa shape index (κ2) is 9.25. The van der Waals surface area contributed by atoms with Crippen LogP contribution in [0.2, 0.25) is 0 Å². The van der Waals surface area contributed by atoms with Crippen molar-refractivity contribution in [3.05, 3.63) is 53.3 Å². The van der Waals surface area contributed by atoms with Crippen LogP contribution in [-0.2, 0) is 19.0 Å². The predicted octanol–water partition coefficient (Wildman–Crippen LogP) is 3.90. The zero-order valence-corrected chi connectivity index (χ0v) is 19.2. The van der Waals surface area contributed by atoms with E-state index in [1.54, 1.807) is 11.0 Å². The molecule has 36 heavy (non-hydrogen) atoms. The highest BCUT2D eigenvalue weighted by Gasteiger charge is 2.31. The number of pyridine rings is 2. The number of amides is 1. The van der Waals surface area contributed by atoms with Crippen LogP contribution in [0.15, 0.2) is 36.7 Å². The van der Waals surface area contributed by atoms with E-state index in [2.05, 4.69) is 9.97 Å². The Morgan fingerprint density at radius 1 is 0.889 bits per heavy atom. The molecule has 0 spiro atoms. The molecule has 4 heterocycles. The summed E-state index contributed by atoms with van der Waals surface area (Å²) in [7, 11) is 0. The maximum Gasteiger partial charge on any atom is 0.417 e. The highest BCUT2D eigenvalue weighted by atomic mass is 19.4. The summed E-state index contributed by atoms with van der Waals surface area (Å²) < 4.78 is 44.9. The minimum absolute atomic E-state index is 0.00542. The molecule has 190 valence electrons. The molecule has 1 aliphatic heterocycles. The fraction of sp³-hybridized carbons (Fsp3) is 0.375. The monoisotopic (exact) mass is 503 g/mol. The van der Waals surface area contributed by atoms with Crippen LogP contribution < -0.4 is 9.64 Å². The molecule has 0 bridgehead atoms. The van der Waals surface area contributed by atoms with Gasteiger partial charge in [0.1, 0.15) is 5.82 Å². The molecule has 1 fully saturated rings. The van der Waals surface area contributed by atoms with Crippen LogP contribution in [0.5, 0.6) is 17.6 Å². The molecule has 0 aromatic carbocycles. The average molecular weight is 503 g/mol. The van der Waals surface area contributed by atoms with Gasteiger partial charge in [0.15, 0.2) is 0 Å². The number of hydrogen-bond donors (Lipinski definition) is 2. The Morgan fingerprint density at radius 2 is 1.56 bits per heavy atom. The molecule has 2 N–H and O–H groups in total. The van der Waals surface area contributed by atoms with Crippen molar-refractivity contribution in [3.63, 3.8) is 0 Å². The Kier molecular flexibility index (Phi) is 6.10. The zero-order chi connectivity index (χ0) is 25.4. The highest BCUT2D eigenvalue weighted by molar-refractivity contribution is 5.70. The summed E-state index contributed by atoms with van der Waals surface area (Å²) in [5.41, 5.74) is 1.13. The number of nitrogens with zero attached hydrogens (tertiary/aromatic N) is 5. The number of carbonyl (C=O) groups is 1. The predicted molar refractivity (Wildman–Crippen MR) is 123 cm³/mol. The Morgan fingerprint density at radius 3 is 2.08 bits per heavy atom. The van der Waals surface area contributed by atoms with Crippen LogP contribution in [0.25, 0.3) is 5.69 Å². The maximum absolute atomic E-state index is 12.7. The summed E-state index contributed by atoms with van der Waals surface area (Å²) in [4.78, 5) is 23.9. The van der Waals surface area contributed by atoms with Gasteiger partial charge in [-0.2, -0.15) is 13.2 Å². The number of rotatable bonds is 3. The number of aromatic hydroxyl groups is 2. The molecule has 2 aliphatic rings. The number of carbonyl (C=O) groups excluding carboxylic acids is 1. The molecule has 3 aromatic heterocycles. The normalized spacial score (nSPS) is 16.1. The third kappa shape index (κ3) is 4.50. The van der Waals surface area contributed by atoms with Crippen LogP contribution >= 0.6 is 0 Å². The maximum atomic E-state index is 12.7. The van der Waals surface area contributed by atoms with Gasteiger partial charge in [-0.15, -0.1) is 0 Å². The second-order valence-electron chi connectivity index (χ2n) is 8.75. The second-order valence-corrected chi connectivity index (χ2v) is 8.75. The molecule has 5 rings (SSSR count). The van der Waals surface area contributed by atoms with Gasteiger partial charge in [0.2, 0.25) is 17.6 Å². The lowest BCUT2D eigenvalue weighted by atomic mass is 9.95. The number of aromatic nitrogens is 3. The van der Waals surface area contributed by atoms with Crippen molar-refractivity contribution in [3.8, 4) is 23.3 Å². The van der Waals surface area contributed by atoms with Crippen LogP contribution in [0.1, 0.15) is 29.5 Å². The van der Waals surface area contributed by atoms with Gasteiger partial charge in [-0.05, 0) is 43.9 Å². The fourth-order valence-corrected chi connectivity index (χ4v) is 4.59. The van der Waals surface area contributed by atoms with Crippen LogP contribution in [0, 0.1) is 0 Å². The minimum atomic E-state index is -4.44. The molecular formula is C24H24F3N5O4. The van der Waals surface area contributed by atoms with Crippen molar-refractivity contribution in [1.29, 1.82) is 0 Å². The molecule has 1 aliphatic carbocycles. The Balaban J connectivity index is 1.19. The number of fused-ring (bicyclic) bond motifs is 1. The number of hydrogen-bond acceptors (Lipinski definition) is 7. The van der Waals surface area contributed by atoms with Crippen molar-refractivity contribution in [1.82, 2.24) is 19.4 Å². The van der Waals surface area contributed by atoms with E-state index >= 15 is 0 Å². The number of piperazine rings is 1. The Labute approximate surface area is 204 Å². The lowest BCUT2D eigenvalue weighted by Crippen LogP contribution is -2.49. The van der Waals surface area contributed by atoms with Crippen molar-refractivity contribution in [2.45, 2.75) is 31.9 Å². The first-order valence-corrected chi connectivity index (χ1v) is 11.6. The van der Waals surface area contributed by atoms with Crippen molar-refractivity contribution in [2.75, 3.05) is 31.1 Å². The number of anilines is 1. The van der Waals surface area contributed by atoms with E-state index in [0.717, 1.165) is 36.2 Å². The van der Waals surface area contributed by atoms with E-state index in [1.807, 2.05) is 0 Å². The summed E-state index contributed by atoms with van der Waals surface area (Å²) in [5, 5.41) is 21.1. The highest BCUT2D eigenvalue weighted by Crippen LogP contribution is 2.40. The Hall–Kier alpha value is -3.96. The third-order valence-corrected chi connectivity index (χ3v) is 6.54. The van der Waals surface area contributed by atoms with Gasteiger partial charge >= 0.3 is 12.3 Å². The fourth-order valence-electron chi connectivity index (χ4n) is 4.59. The van der Waals surface area contributed by atoms with Gasteiger partial charge in [-0.25, -0.2) is 19.3 Å². The zero-order valence-electron chi connectivity index (χ0n) is 19.2. The van der Waals surface area contributed by atoms with E-state index in [-0.39, 0.29) is 17.6 Å². The molecular weight excluding hydrogens is 479 g/mol. The van der Waals surface area contributed by atoms with Crippen LogP contribution in [-0.4, -0.2) is 61.9 Å². The molecule has 1 amide bonds. The summed E-state index contributed by atoms with van der Waals surface area (Å²) in [5.74, 6) is 0.459. The summed E-state index contributed by atoms with van der Waals surface area (Å²) in [6.45, 7) is 1.37. The first kappa shape index (κ1) is 23.8. The molecule has 1 saturated heterocycles. The summed E-state index contributed by atoms with van der Waals surface area (Å²) >= 11 is 0. The van der Waals surface area contributed by atoms with Gasteiger partial charge in [0, 0.05) is 49.6 Å². The summed E-state index contributed by atoms with van der Waals surface area (Å²) in [6.07, 6.45) is 0.466. The quantitative estimate of drug-likeness (QED) is 0.559. The largest absolute Gasteiger partial charge is 0.494 e. The number of ether oxygens (including phenoxy) is 1. The molecule has 0 atom stereocenters. The van der Waals surface area contributed by atoms with Gasteiger partial charge < -0.3 is 24.7 Å². The molecule has 3 aromatic rings. The van der Waals surface area contributed by atoms with E-state index < -0.39 is 17.8 Å². The van der Waals surface area contributed by atoms with Crippen molar-refractivity contribution in [2.24, 2.45) is 0 Å². The van der Waals surface area contributed by atoms with E-state index in [4.69, 9.17) is 4.74 Å². The van der Waals surface area contributed by atoms with E-state index in [1.165, 1.54) is 27.8 Å². The molecule has 0 unspecified atom stereocenters. The minimum Gasteiger partial charge on any atom is -0.494 e. The van der Waals surface area contributed by atoms with Gasteiger partial charge in [-0.3, -0.25) is 0 Å². The average Bonchev–Trinajstić information content (AvgIpc) is 3.14. The standard InChI is InChI=1S/C24H24F3N5O4/c25-24(26,27)15-5-7-19(28-13-15)30-9-11-31(12-10-30)23(35)36-20-8-6-16(14-29-20)32-21(33)17-3-1-2-4-18(17)22(32)34/h5-8,13-14,33-34H,1-4,9-12H2. The molecule has 9 nitrogen and oxygen atoms in total. The lowest BCUT2D eigenvalue weighted by Gasteiger charge is -2.34. The van der Waals surface area contributed by atoms with Gasteiger partial charge in [0.05, 0.1) is 17.4 Å². The van der Waals surface area contributed by atoms with E-state index in [9.17, 15) is 28.2 Å². The smallest absolute Gasteiger partial charge is 0.417 e. The van der Waals surface area contributed by atoms with Crippen molar-refractivity contribution < 1.29 is 32.9 Å². The first-order chi connectivity index (χ1) is 17.2. The molecule has 0 saturated carbocycles. The SMILES string of the molecule is O=C(Oc1ccc(-n2c(O)c3c(c2O)CCCC3)cn1)N1CCN(c2ccc(C(F)(F)F)cn2)CC1. The number of halogens is 3. The molecule has 12 heteroatoms. The lowest BCUT2D eigenvalue weighted by molar-refractivity contribution is -0.137. The van der Waals surface area contributed by atoms with Crippen LogP contribution in [0.4, 0.5) is 23.8 Å². The van der Waals surface area contributed by atoms with Crippen LogP contribution in [0.3, 0.4) is 0 Å². The van der Waals surface area contributed by atoms with Crippen molar-refractivity contribution >= 4 is 11.9 Å². The topological polar surface area (TPSA) is 104 Å². The summed E-state index contributed by atoms with van der Waals surface area (Å²) in [6, 6.07) is 5.38. The molecule has 0 radical (unpaired) electrons.